The van der Waals surface area contributed by atoms with Gasteiger partial charge in [0.1, 0.15) is 0 Å². The second kappa shape index (κ2) is 10.7. The molecule has 1 saturated heterocycles. The van der Waals surface area contributed by atoms with E-state index in [9.17, 15) is 9.32 Å². The summed E-state index contributed by atoms with van der Waals surface area (Å²) in [7, 11) is 0. The molecule has 2 aromatic rings. The predicted molar refractivity (Wildman–Crippen MR) is 83.8 cm³/mol. The predicted octanol–water partition coefficient (Wildman–Crippen LogP) is 4.10. The summed E-state index contributed by atoms with van der Waals surface area (Å²) >= 11 is 0. The molecule has 1 aromatic carbocycles. The Bertz CT molecular complexity index is 485. The van der Waals surface area contributed by atoms with Crippen LogP contribution in [0.5, 0.6) is 0 Å². The van der Waals surface area contributed by atoms with Crippen LogP contribution in [0.1, 0.15) is 26.7 Å². The first-order valence-electron chi connectivity index (χ1n) is 7.36. The third-order valence-electron chi connectivity index (χ3n) is 3.04. The minimum atomic E-state index is -0.824. The van der Waals surface area contributed by atoms with E-state index < -0.39 is 5.97 Å². The maximum Gasteiger partial charge on any atom is 0.348 e. The number of aromatic nitrogens is 1. The number of fused-ring (bicyclic) bond motifs is 1. The van der Waals surface area contributed by atoms with Crippen molar-refractivity contribution >= 4 is 16.9 Å². The van der Waals surface area contributed by atoms with Crippen molar-refractivity contribution in [3.63, 3.8) is 0 Å². The highest BCUT2D eigenvalue weighted by Crippen LogP contribution is 2.09. The summed E-state index contributed by atoms with van der Waals surface area (Å²) in [5.74, 6) is 0.000000000000000222. The van der Waals surface area contributed by atoms with E-state index in [0.29, 0.717) is 0 Å². The van der Waals surface area contributed by atoms with Crippen molar-refractivity contribution in [3.8, 4) is 0 Å². The minimum Gasteiger partial charge on any atom is -0.381 e. The molecule has 1 aliphatic rings. The van der Waals surface area contributed by atoms with Gasteiger partial charge in [-0.1, -0.05) is 38.1 Å². The van der Waals surface area contributed by atoms with Crippen LogP contribution in [0.3, 0.4) is 0 Å². The third kappa shape index (κ3) is 7.13. The second-order valence-electron chi connectivity index (χ2n) is 4.97. The Morgan fingerprint density at radius 1 is 1.36 bits per heavy atom. The molecule has 0 bridgehead atoms. The lowest BCUT2D eigenvalue weighted by atomic mass is 10.2. The van der Waals surface area contributed by atoms with Crippen molar-refractivity contribution in [1.29, 1.82) is 0 Å². The van der Waals surface area contributed by atoms with E-state index in [-0.39, 0.29) is 6.42 Å². The Balaban J connectivity index is 0.000000176. The zero-order valence-electron chi connectivity index (χ0n) is 13.0. The number of nitrogens with zero attached hydrogens (tertiary/aromatic N) is 1. The zero-order valence-corrected chi connectivity index (χ0v) is 13.0. The number of carbonyl (C=O) groups is 1. The second-order valence-corrected chi connectivity index (χ2v) is 4.97. The lowest BCUT2D eigenvalue weighted by molar-refractivity contribution is -0.183. The van der Waals surface area contributed by atoms with Gasteiger partial charge < -0.3 is 4.74 Å². The standard InChI is InChI=1S/C9H7N.C5H10O.C3H5FO2/c1-2-6-9-8(4-1)5-3-7-10-9;1-5-2-3-6-4-5;1-2-3(5)6-4/h1-7H;5H,2-4H2,1H3;2H2,1H3. The van der Waals surface area contributed by atoms with Gasteiger partial charge in [-0.05, 0) is 24.5 Å². The highest BCUT2D eigenvalue weighted by Gasteiger charge is 2.07. The maximum absolute atomic E-state index is 10.5. The van der Waals surface area contributed by atoms with E-state index in [4.69, 9.17) is 4.74 Å². The van der Waals surface area contributed by atoms with E-state index in [2.05, 4.69) is 29.0 Å². The van der Waals surface area contributed by atoms with E-state index in [0.717, 1.165) is 24.6 Å². The topological polar surface area (TPSA) is 48.4 Å². The summed E-state index contributed by atoms with van der Waals surface area (Å²) in [5, 5.41) is 1.20. The van der Waals surface area contributed by atoms with Crippen LogP contribution < -0.4 is 0 Å². The number of halogens is 1. The minimum absolute atomic E-state index is 0.0938. The van der Waals surface area contributed by atoms with E-state index in [1.165, 1.54) is 18.7 Å². The molecule has 0 amide bonds. The number of hydrogen-bond donors (Lipinski definition) is 0. The van der Waals surface area contributed by atoms with Crippen LogP contribution >= 0.6 is 0 Å². The highest BCUT2D eigenvalue weighted by molar-refractivity contribution is 5.77. The lowest BCUT2D eigenvalue weighted by Gasteiger charge is -1.91. The fourth-order valence-corrected chi connectivity index (χ4v) is 1.72. The first-order valence-corrected chi connectivity index (χ1v) is 7.36. The summed E-state index contributed by atoms with van der Waals surface area (Å²) in [6.07, 6.45) is 3.17. The highest BCUT2D eigenvalue weighted by atomic mass is 19.3. The van der Waals surface area contributed by atoms with Gasteiger partial charge in [-0.15, -0.1) is 0 Å². The molecule has 1 fully saturated rings. The third-order valence-corrected chi connectivity index (χ3v) is 3.04. The van der Waals surface area contributed by atoms with Crippen LogP contribution in [0.2, 0.25) is 0 Å². The average Bonchev–Trinajstić information content (AvgIpc) is 3.06. The monoisotopic (exact) mass is 307 g/mol. The molecule has 1 atom stereocenters. The Kier molecular flexibility index (Phi) is 8.76. The van der Waals surface area contributed by atoms with E-state index in [1.54, 1.807) is 0 Å². The zero-order chi connectivity index (χ0) is 16.2. The fourth-order valence-electron chi connectivity index (χ4n) is 1.72. The Morgan fingerprint density at radius 2 is 2.09 bits per heavy atom. The number of carbonyl (C=O) groups excluding carboxylic acids is 1. The summed E-state index contributed by atoms with van der Waals surface area (Å²) in [5.41, 5.74) is 1.06. The molecule has 22 heavy (non-hydrogen) atoms. The number of pyridine rings is 1. The molecule has 3 rings (SSSR count). The van der Waals surface area contributed by atoms with E-state index in [1.807, 2.05) is 30.5 Å². The summed E-state index contributed by atoms with van der Waals surface area (Å²) in [4.78, 5) is 16.5. The van der Waals surface area contributed by atoms with Gasteiger partial charge in [0.05, 0.1) is 5.52 Å². The van der Waals surface area contributed by atoms with Crippen molar-refractivity contribution in [3.05, 3.63) is 42.6 Å². The van der Waals surface area contributed by atoms with Crippen LogP contribution in [-0.4, -0.2) is 24.2 Å². The van der Waals surface area contributed by atoms with Crippen LogP contribution in [0, 0.1) is 5.92 Å². The van der Waals surface area contributed by atoms with Crippen LogP contribution in [0.15, 0.2) is 42.6 Å². The van der Waals surface area contributed by atoms with Crippen molar-refractivity contribution < 1.29 is 19.0 Å². The molecule has 0 aliphatic carbocycles. The van der Waals surface area contributed by atoms with Crippen molar-refractivity contribution in [1.82, 2.24) is 4.98 Å². The van der Waals surface area contributed by atoms with Gasteiger partial charge in [0.15, 0.2) is 0 Å². The van der Waals surface area contributed by atoms with Gasteiger partial charge in [-0.3, -0.25) is 9.93 Å². The maximum atomic E-state index is 10.5. The molecular formula is C17H22FNO3. The number of benzene rings is 1. The molecular weight excluding hydrogens is 285 g/mol. The van der Waals surface area contributed by atoms with Gasteiger partial charge in [0.2, 0.25) is 0 Å². The summed E-state index contributed by atoms with van der Waals surface area (Å²) in [6.45, 7) is 5.70. The lowest BCUT2D eigenvalue weighted by Crippen LogP contribution is -1.91. The SMILES string of the molecule is CC1CCOC1.CCC(=O)OF.c1ccc2ncccc2c1. The van der Waals surface area contributed by atoms with Crippen molar-refractivity contribution in [2.75, 3.05) is 13.2 Å². The normalized spacial score (nSPS) is 16.0. The number of hydrogen-bond acceptors (Lipinski definition) is 4. The molecule has 5 heteroatoms. The molecule has 0 saturated carbocycles. The summed E-state index contributed by atoms with van der Waals surface area (Å²) in [6, 6.07) is 12.1. The Hall–Kier alpha value is -2.01. The molecule has 1 aromatic heterocycles. The van der Waals surface area contributed by atoms with Crippen LogP contribution in [0.4, 0.5) is 4.53 Å². The number of para-hydroxylation sites is 1. The van der Waals surface area contributed by atoms with Gasteiger partial charge >= 0.3 is 5.97 Å². The molecule has 1 aliphatic heterocycles. The van der Waals surface area contributed by atoms with E-state index >= 15 is 0 Å². The molecule has 0 spiro atoms. The average molecular weight is 307 g/mol. The molecule has 4 nitrogen and oxygen atoms in total. The number of rotatable bonds is 1. The Morgan fingerprint density at radius 3 is 2.55 bits per heavy atom. The summed E-state index contributed by atoms with van der Waals surface area (Å²) < 4.78 is 15.6. The van der Waals surface area contributed by atoms with Crippen molar-refractivity contribution in [2.24, 2.45) is 5.92 Å². The molecule has 0 radical (unpaired) electrons. The van der Waals surface area contributed by atoms with Gasteiger partial charge in [0.25, 0.3) is 0 Å². The van der Waals surface area contributed by atoms with Gasteiger partial charge in [0, 0.05) is 35.7 Å². The molecule has 1 unspecified atom stereocenters. The number of ether oxygens (including phenoxy) is 1. The van der Waals surface area contributed by atoms with Crippen LogP contribution in [-0.2, 0) is 14.5 Å². The van der Waals surface area contributed by atoms with Crippen LogP contribution in [0.25, 0.3) is 10.9 Å². The molecule has 2 heterocycles. The first kappa shape index (κ1) is 18.0. The van der Waals surface area contributed by atoms with Crippen molar-refractivity contribution in [2.45, 2.75) is 26.7 Å². The largest absolute Gasteiger partial charge is 0.381 e. The van der Waals surface area contributed by atoms with Gasteiger partial charge in [-0.2, -0.15) is 0 Å². The fraction of sp³-hybridized carbons (Fsp3) is 0.412. The first-order chi connectivity index (χ1) is 10.7. The smallest absolute Gasteiger partial charge is 0.348 e. The molecule has 0 N–H and O–H groups in total. The molecule has 120 valence electrons. The quantitative estimate of drug-likeness (QED) is 0.796. The van der Waals surface area contributed by atoms with Gasteiger partial charge in [-0.25, -0.2) is 4.79 Å². The Labute approximate surface area is 130 Å².